The number of Topliss-reactive ketones (excluding diaryl/α,β-unsaturated/α-hetero) is 1. The Morgan fingerprint density at radius 2 is 2.00 bits per heavy atom. The number of hydrogen-bond donors (Lipinski definition) is 3. The van der Waals surface area contributed by atoms with Crippen molar-refractivity contribution in [3.05, 3.63) is 47.5 Å². The van der Waals surface area contributed by atoms with Crippen LogP contribution in [-0.2, 0) is 27.2 Å². The lowest BCUT2D eigenvalue weighted by atomic mass is 9.88. The highest BCUT2D eigenvalue weighted by molar-refractivity contribution is 7.94. The van der Waals surface area contributed by atoms with E-state index in [2.05, 4.69) is 12.1 Å². The number of methoxy groups -OCH3 is 1. The molecular weight excluding hydrogens is 428 g/mol. The summed E-state index contributed by atoms with van der Waals surface area (Å²) < 4.78 is 14.9. The summed E-state index contributed by atoms with van der Waals surface area (Å²) in [7, 11) is 1.68. The van der Waals surface area contributed by atoms with Crippen molar-refractivity contribution in [2.45, 2.75) is 69.1 Å². The van der Waals surface area contributed by atoms with Crippen LogP contribution >= 0.6 is 12.0 Å². The van der Waals surface area contributed by atoms with Crippen molar-refractivity contribution in [3.63, 3.8) is 0 Å². The summed E-state index contributed by atoms with van der Waals surface area (Å²) in [5, 5.41) is 18.9. The second kappa shape index (κ2) is 14.5. The molecule has 1 unspecified atom stereocenters. The molecule has 1 saturated carbocycles. The number of ketones is 1. The van der Waals surface area contributed by atoms with E-state index in [0.717, 1.165) is 43.3 Å². The van der Waals surface area contributed by atoms with Crippen molar-refractivity contribution in [1.82, 2.24) is 0 Å². The van der Waals surface area contributed by atoms with E-state index in [1.54, 1.807) is 7.11 Å². The van der Waals surface area contributed by atoms with E-state index in [1.807, 2.05) is 24.3 Å². The zero-order chi connectivity index (χ0) is 23.3. The predicted molar refractivity (Wildman–Crippen MR) is 127 cm³/mol. The number of hydrogen-bond acceptors (Lipinski definition) is 6. The standard InChI is InChI=1S/C25H36O6S/c1-31-14-13-18-7-6-8-19(15-18)16-20(32-30)11-12-22-21(23(26)17-24(22)27)9-4-2-3-5-10-25(28)29/h6-8,11-12,15,20-22,24,27,30H,2-5,9-10,13-14,16-17H2,1H3,(H,28,29)/b12-11+/t20?,21-,22-,24-/m1/s1. The number of aliphatic hydroxyl groups excluding tert-OH is 1. The number of benzene rings is 1. The third-order valence-corrected chi connectivity index (χ3v) is 6.69. The first-order valence-corrected chi connectivity index (χ1v) is 12.3. The van der Waals surface area contributed by atoms with Crippen LogP contribution in [0.2, 0.25) is 0 Å². The third-order valence-electron chi connectivity index (χ3n) is 6.10. The molecule has 3 N–H and O–H groups in total. The SMILES string of the molecule is COCCc1cccc(CC(/C=C/[C@H]2[C@H](O)CC(=O)[C@@H]2CCCCCCC(=O)O)SO)c1. The molecule has 4 atom stereocenters. The number of aliphatic hydroxyl groups is 1. The van der Waals surface area contributed by atoms with Crippen LogP contribution in [0.4, 0.5) is 0 Å². The molecule has 1 aromatic carbocycles. The molecule has 0 spiro atoms. The number of ether oxygens (including phenoxy) is 1. The van der Waals surface area contributed by atoms with Crippen LogP contribution in [0.5, 0.6) is 0 Å². The Morgan fingerprint density at radius 3 is 2.72 bits per heavy atom. The smallest absolute Gasteiger partial charge is 0.303 e. The van der Waals surface area contributed by atoms with E-state index >= 15 is 0 Å². The molecule has 0 amide bonds. The van der Waals surface area contributed by atoms with Gasteiger partial charge in [-0.1, -0.05) is 55.7 Å². The second-order valence-electron chi connectivity index (χ2n) is 8.56. The fourth-order valence-corrected chi connectivity index (χ4v) is 4.77. The van der Waals surface area contributed by atoms with Crippen molar-refractivity contribution in [2.24, 2.45) is 11.8 Å². The molecule has 1 aliphatic rings. The average Bonchev–Trinajstić information content (AvgIpc) is 3.04. The molecule has 1 aromatic rings. The minimum absolute atomic E-state index is 0.0942. The quantitative estimate of drug-likeness (QED) is 0.199. The minimum atomic E-state index is -0.776. The van der Waals surface area contributed by atoms with Crippen LogP contribution in [0.25, 0.3) is 0 Å². The number of unbranched alkanes of at least 4 members (excludes halogenated alkanes) is 3. The number of carboxylic acid groups (broad SMARTS) is 1. The zero-order valence-corrected chi connectivity index (χ0v) is 19.6. The van der Waals surface area contributed by atoms with Gasteiger partial charge in [-0.3, -0.25) is 9.59 Å². The Hall–Kier alpha value is -1.67. The Balaban J connectivity index is 1.90. The minimum Gasteiger partial charge on any atom is -0.481 e. The Morgan fingerprint density at radius 1 is 1.25 bits per heavy atom. The average molecular weight is 465 g/mol. The maximum Gasteiger partial charge on any atom is 0.303 e. The molecule has 0 heterocycles. The summed E-state index contributed by atoms with van der Waals surface area (Å²) in [4.78, 5) is 23.0. The van der Waals surface area contributed by atoms with Crippen LogP contribution in [0.3, 0.4) is 0 Å². The predicted octanol–water partition coefficient (Wildman–Crippen LogP) is 4.54. The number of carbonyl (C=O) groups is 2. The van der Waals surface area contributed by atoms with Crippen molar-refractivity contribution in [1.29, 1.82) is 0 Å². The van der Waals surface area contributed by atoms with Gasteiger partial charge in [-0.05, 0) is 48.9 Å². The summed E-state index contributed by atoms with van der Waals surface area (Å²) in [5.41, 5.74) is 2.31. The molecule has 7 heteroatoms. The monoisotopic (exact) mass is 464 g/mol. The van der Waals surface area contributed by atoms with Crippen LogP contribution in [0.15, 0.2) is 36.4 Å². The molecule has 0 aromatic heterocycles. The topological polar surface area (TPSA) is 104 Å². The number of carbonyl (C=O) groups excluding carboxylic acids is 1. The first-order chi connectivity index (χ1) is 15.4. The van der Waals surface area contributed by atoms with Crippen LogP contribution in [0.1, 0.15) is 56.1 Å². The lowest BCUT2D eigenvalue weighted by Gasteiger charge is -2.18. The van der Waals surface area contributed by atoms with Gasteiger partial charge in [0.05, 0.1) is 18.0 Å². The van der Waals surface area contributed by atoms with Gasteiger partial charge in [0.1, 0.15) is 5.78 Å². The van der Waals surface area contributed by atoms with Crippen LogP contribution < -0.4 is 0 Å². The van der Waals surface area contributed by atoms with Gasteiger partial charge >= 0.3 is 5.97 Å². The fraction of sp³-hybridized carbons (Fsp3) is 0.600. The van der Waals surface area contributed by atoms with E-state index in [0.29, 0.717) is 25.9 Å². The van der Waals surface area contributed by atoms with Gasteiger partial charge in [-0.2, -0.15) is 0 Å². The molecule has 32 heavy (non-hydrogen) atoms. The lowest BCUT2D eigenvalue weighted by Crippen LogP contribution is -2.19. The Kier molecular flexibility index (Phi) is 12.0. The van der Waals surface area contributed by atoms with E-state index in [4.69, 9.17) is 9.84 Å². The maximum absolute atomic E-state index is 12.4. The van der Waals surface area contributed by atoms with E-state index in [9.17, 15) is 19.2 Å². The van der Waals surface area contributed by atoms with Crippen molar-refractivity contribution in [2.75, 3.05) is 13.7 Å². The molecular formula is C25H36O6S. The molecule has 1 fully saturated rings. The third kappa shape index (κ3) is 9.06. The van der Waals surface area contributed by atoms with Crippen molar-refractivity contribution < 1.29 is 29.1 Å². The van der Waals surface area contributed by atoms with Gasteiger partial charge < -0.3 is 19.5 Å². The van der Waals surface area contributed by atoms with E-state index < -0.39 is 12.1 Å². The summed E-state index contributed by atoms with van der Waals surface area (Å²) in [6.07, 6.45) is 8.93. The Labute approximate surface area is 195 Å². The molecule has 178 valence electrons. The maximum atomic E-state index is 12.4. The highest BCUT2D eigenvalue weighted by Gasteiger charge is 2.39. The number of rotatable bonds is 15. The van der Waals surface area contributed by atoms with Crippen molar-refractivity contribution in [3.8, 4) is 0 Å². The number of aliphatic carboxylic acids is 1. The first kappa shape index (κ1) is 26.6. The van der Waals surface area contributed by atoms with Gasteiger partial charge in [-0.15, -0.1) is 0 Å². The van der Waals surface area contributed by atoms with Gasteiger partial charge in [0.25, 0.3) is 0 Å². The Bertz CT molecular complexity index is 750. The van der Waals surface area contributed by atoms with Gasteiger partial charge in [-0.25, -0.2) is 0 Å². The summed E-state index contributed by atoms with van der Waals surface area (Å²) in [6.45, 7) is 0.663. The molecule has 2 rings (SSSR count). The van der Waals surface area contributed by atoms with Gasteiger partial charge in [0, 0.05) is 31.8 Å². The first-order valence-electron chi connectivity index (χ1n) is 11.4. The molecule has 0 saturated heterocycles. The largest absolute Gasteiger partial charge is 0.481 e. The fourth-order valence-electron chi connectivity index (χ4n) is 4.34. The lowest BCUT2D eigenvalue weighted by molar-refractivity contribution is -0.137. The van der Waals surface area contributed by atoms with Crippen LogP contribution in [0, 0.1) is 11.8 Å². The van der Waals surface area contributed by atoms with E-state index in [-0.39, 0.29) is 35.7 Å². The second-order valence-corrected chi connectivity index (χ2v) is 9.38. The molecule has 0 bridgehead atoms. The van der Waals surface area contributed by atoms with E-state index in [1.165, 1.54) is 5.56 Å². The zero-order valence-electron chi connectivity index (χ0n) is 18.8. The summed E-state index contributed by atoms with van der Waals surface area (Å²) in [5.74, 6) is -1.12. The molecule has 0 radical (unpaired) electrons. The molecule has 0 aliphatic heterocycles. The van der Waals surface area contributed by atoms with Crippen LogP contribution in [-0.4, -0.2) is 51.6 Å². The summed E-state index contributed by atoms with van der Waals surface area (Å²) >= 11 is 0.778. The van der Waals surface area contributed by atoms with Gasteiger partial charge in [0.15, 0.2) is 0 Å². The summed E-state index contributed by atoms with van der Waals surface area (Å²) in [6, 6.07) is 8.23. The molecule has 1 aliphatic carbocycles. The highest BCUT2D eigenvalue weighted by Crippen LogP contribution is 2.35. The highest BCUT2D eigenvalue weighted by atomic mass is 32.2. The normalized spacial score (nSPS) is 22.0. The van der Waals surface area contributed by atoms with Gasteiger partial charge in [0.2, 0.25) is 0 Å². The van der Waals surface area contributed by atoms with Crippen molar-refractivity contribution >= 4 is 23.8 Å². The number of carboxylic acids is 1. The molecule has 6 nitrogen and oxygen atoms in total.